The molecule has 0 aromatic heterocycles. The Labute approximate surface area is 149 Å². The maximum atomic E-state index is 12.4. The van der Waals surface area contributed by atoms with E-state index < -0.39 is 11.9 Å². The molecule has 0 radical (unpaired) electrons. The predicted molar refractivity (Wildman–Crippen MR) is 91.5 cm³/mol. The number of anilines is 1. The molecule has 0 unspecified atom stereocenters. The van der Waals surface area contributed by atoms with Crippen LogP contribution < -0.4 is 21.1 Å². The molecule has 8 nitrogen and oxygen atoms in total. The van der Waals surface area contributed by atoms with Crippen molar-refractivity contribution in [2.75, 3.05) is 11.4 Å². The predicted octanol–water partition coefficient (Wildman–Crippen LogP) is 0.509. The van der Waals surface area contributed by atoms with Gasteiger partial charge < -0.3 is 5.32 Å². The van der Waals surface area contributed by atoms with Crippen molar-refractivity contribution in [2.24, 2.45) is 0 Å². The van der Waals surface area contributed by atoms with E-state index >= 15 is 0 Å². The zero-order chi connectivity index (χ0) is 18.4. The number of hydrazine groups is 1. The van der Waals surface area contributed by atoms with Crippen LogP contribution in [0.25, 0.3) is 0 Å². The standard InChI is InChI=1S/C16H19ClN4O4/c1-10(22)18-7-3-6-14(23)20-19-13-9-15(24)21(16(13)25)12-5-2-4-11(17)8-12/h2,4-5,8,13,19H,3,6-7,9H2,1H3,(H,18,22)(H,20,23)/t13-/m1/s1. The molecule has 9 heteroatoms. The van der Waals surface area contributed by atoms with Gasteiger partial charge in [-0.1, -0.05) is 17.7 Å². The fourth-order valence-electron chi connectivity index (χ4n) is 2.37. The Morgan fingerprint density at radius 1 is 1.32 bits per heavy atom. The molecule has 1 heterocycles. The molecular formula is C16H19ClN4O4. The van der Waals surface area contributed by atoms with Gasteiger partial charge in [0.2, 0.25) is 17.7 Å². The quantitative estimate of drug-likeness (QED) is 0.370. The van der Waals surface area contributed by atoms with Gasteiger partial charge in [0.25, 0.3) is 5.91 Å². The SMILES string of the molecule is CC(=O)NCCCC(=O)NN[C@@H]1CC(=O)N(c2cccc(Cl)c2)C1=O. The molecule has 1 aromatic rings. The van der Waals surface area contributed by atoms with Crippen LogP contribution in [0, 0.1) is 0 Å². The summed E-state index contributed by atoms with van der Waals surface area (Å²) < 4.78 is 0. The smallest absolute Gasteiger partial charge is 0.253 e. The number of nitrogens with zero attached hydrogens (tertiary/aromatic N) is 1. The van der Waals surface area contributed by atoms with Crippen LogP contribution in [0.3, 0.4) is 0 Å². The van der Waals surface area contributed by atoms with Gasteiger partial charge in [-0.15, -0.1) is 0 Å². The summed E-state index contributed by atoms with van der Waals surface area (Å²) >= 11 is 5.89. The molecule has 3 N–H and O–H groups in total. The number of hydrogen-bond donors (Lipinski definition) is 3. The van der Waals surface area contributed by atoms with Crippen LogP contribution in [-0.2, 0) is 19.2 Å². The Kier molecular flexibility index (Phi) is 6.49. The third-order valence-electron chi connectivity index (χ3n) is 3.55. The number of carbonyl (C=O) groups excluding carboxylic acids is 4. The second kappa shape index (κ2) is 8.59. The Morgan fingerprint density at radius 2 is 2.08 bits per heavy atom. The maximum absolute atomic E-state index is 12.4. The van der Waals surface area contributed by atoms with Crippen LogP contribution >= 0.6 is 11.6 Å². The minimum absolute atomic E-state index is 0.0580. The molecule has 134 valence electrons. The molecule has 0 saturated carbocycles. The van der Waals surface area contributed by atoms with E-state index in [1.54, 1.807) is 18.2 Å². The zero-order valence-corrected chi connectivity index (χ0v) is 14.4. The number of amides is 4. The van der Waals surface area contributed by atoms with Gasteiger partial charge in [0, 0.05) is 24.9 Å². The summed E-state index contributed by atoms with van der Waals surface area (Å²) in [7, 11) is 0. The van der Waals surface area contributed by atoms with Gasteiger partial charge in [-0.2, -0.15) is 0 Å². The van der Waals surface area contributed by atoms with Crippen molar-refractivity contribution in [2.45, 2.75) is 32.2 Å². The lowest BCUT2D eigenvalue weighted by Crippen LogP contribution is -2.48. The molecule has 4 amide bonds. The van der Waals surface area contributed by atoms with Crippen LogP contribution in [0.15, 0.2) is 24.3 Å². The van der Waals surface area contributed by atoms with Crippen LogP contribution in [0.1, 0.15) is 26.2 Å². The van der Waals surface area contributed by atoms with Crippen LogP contribution in [-0.4, -0.2) is 36.2 Å². The summed E-state index contributed by atoms with van der Waals surface area (Å²) in [4.78, 5) is 48.0. The van der Waals surface area contributed by atoms with E-state index in [2.05, 4.69) is 16.2 Å². The average molecular weight is 367 g/mol. The highest BCUT2D eigenvalue weighted by Gasteiger charge is 2.39. The second-order valence-corrected chi connectivity index (χ2v) is 6.02. The fourth-order valence-corrected chi connectivity index (χ4v) is 2.56. The number of carbonyl (C=O) groups is 4. The Bertz CT molecular complexity index is 694. The van der Waals surface area contributed by atoms with E-state index in [9.17, 15) is 19.2 Å². The van der Waals surface area contributed by atoms with Crippen molar-refractivity contribution >= 4 is 40.9 Å². The van der Waals surface area contributed by atoms with E-state index in [0.29, 0.717) is 23.7 Å². The van der Waals surface area contributed by atoms with Crippen molar-refractivity contribution < 1.29 is 19.2 Å². The minimum atomic E-state index is -0.828. The molecule has 1 aromatic carbocycles. The number of hydrogen-bond acceptors (Lipinski definition) is 5. The van der Waals surface area contributed by atoms with Gasteiger partial charge in [-0.05, 0) is 24.6 Å². The van der Waals surface area contributed by atoms with Gasteiger partial charge >= 0.3 is 0 Å². The zero-order valence-electron chi connectivity index (χ0n) is 13.7. The molecule has 1 aliphatic heterocycles. The molecule has 1 aliphatic rings. The molecule has 0 bridgehead atoms. The number of rotatable bonds is 7. The first-order valence-electron chi connectivity index (χ1n) is 7.79. The lowest BCUT2D eigenvalue weighted by molar-refractivity contribution is -0.124. The molecule has 0 spiro atoms. The summed E-state index contributed by atoms with van der Waals surface area (Å²) in [5, 5.41) is 3.00. The van der Waals surface area contributed by atoms with Crippen molar-refractivity contribution in [3.05, 3.63) is 29.3 Å². The topological polar surface area (TPSA) is 108 Å². The lowest BCUT2D eigenvalue weighted by Gasteiger charge is -2.16. The van der Waals surface area contributed by atoms with Crippen molar-refractivity contribution in [1.82, 2.24) is 16.2 Å². The van der Waals surface area contributed by atoms with Crippen LogP contribution in [0.4, 0.5) is 5.69 Å². The van der Waals surface area contributed by atoms with Gasteiger partial charge in [-0.3, -0.25) is 24.6 Å². The molecule has 1 atom stereocenters. The van der Waals surface area contributed by atoms with Gasteiger partial charge in [0.1, 0.15) is 6.04 Å². The van der Waals surface area contributed by atoms with E-state index in [1.165, 1.54) is 13.0 Å². The van der Waals surface area contributed by atoms with Crippen molar-refractivity contribution in [3.8, 4) is 0 Å². The van der Waals surface area contributed by atoms with Crippen molar-refractivity contribution in [1.29, 1.82) is 0 Å². The highest BCUT2D eigenvalue weighted by atomic mass is 35.5. The van der Waals surface area contributed by atoms with Gasteiger partial charge in [0.15, 0.2) is 0 Å². The van der Waals surface area contributed by atoms with Gasteiger partial charge in [0.05, 0.1) is 12.1 Å². The Morgan fingerprint density at radius 3 is 2.76 bits per heavy atom. The maximum Gasteiger partial charge on any atom is 0.253 e. The normalized spacial score (nSPS) is 16.9. The first-order valence-corrected chi connectivity index (χ1v) is 8.17. The van der Waals surface area contributed by atoms with Crippen LogP contribution in [0.2, 0.25) is 5.02 Å². The van der Waals surface area contributed by atoms with E-state index in [0.717, 1.165) is 4.90 Å². The lowest BCUT2D eigenvalue weighted by atomic mass is 10.2. The van der Waals surface area contributed by atoms with E-state index in [-0.39, 0.29) is 30.6 Å². The number of benzene rings is 1. The number of imide groups is 1. The molecule has 0 aliphatic carbocycles. The van der Waals surface area contributed by atoms with Crippen molar-refractivity contribution in [3.63, 3.8) is 0 Å². The molecular weight excluding hydrogens is 348 g/mol. The summed E-state index contributed by atoms with van der Waals surface area (Å²) in [6.45, 7) is 1.79. The van der Waals surface area contributed by atoms with Gasteiger partial charge in [-0.25, -0.2) is 10.3 Å². The number of nitrogens with one attached hydrogen (secondary N) is 3. The third kappa shape index (κ3) is 5.27. The minimum Gasteiger partial charge on any atom is -0.356 e. The van der Waals surface area contributed by atoms with E-state index in [1.807, 2.05) is 0 Å². The summed E-state index contributed by atoms with van der Waals surface area (Å²) in [5.41, 5.74) is 5.41. The molecule has 25 heavy (non-hydrogen) atoms. The highest BCUT2D eigenvalue weighted by Crippen LogP contribution is 2.25. The highest BCUT2D eigenvalue weighted by molar-refractivity contribution is 6.31. The first-order chi connectivity index (χ1) is 11.9. The molecule has 1 saturated heterocycles. The van der Waals surface area contributed by atoms with E-state index in [4.69, 9.17) is 11.6 Å². The largest absolute Gasteiger partial charge is 0.356 e. The average Bonchev–Trinajstić information content (AvgIpc) is 2.83. The molecule has 1 fully saturated rings. The number of halogens is 1. The summed E-state index contributed by atoms with van der Waals surface area (Å²) in [5.74, 6) is -1.31. The summed E-state index contributed by atoms with van der Waals surface area (Å²) in [6, 6.07) is 5.61. The monoisotopic (exact) mass is 366 g/mol. The third-order valence-corrected chi connectivity index (χ3v) is 3.79. The summed E-state index contributed by atoms with van der Waals surface area (Å²) in [6.07, 6.45) is 0.594. The first kappa shape index (κ1) is 18.9. The molecule has 2 rings (SSSR count). The Hall–Kier alpha value is -2.45. The Balaban J connectivity index is 1.84. The van der Waals surface area contributed by atoms with Crippen LogP contribution in [0.5, 0.6) is 0 Å². The second-order valence-electron chi connectivity index (χ2n) is 5.58. The fraction of sp³-hybridized carbons (Fsp3) is 0.375.